The van der Waals surface area contributed by atoms with E-state index < -0.39 is 0 Å². The maximum Gasteiger partial charge on any atom is 0.250 e. The van der Waals surface area contributed by atoms with Crippen molar-refractivity contribution in [3.63, 3.8) is 0 Å². The van der Waals surface area contributed by atoms with Crippen LogP contribution >= 0.6 is 0 Å². The Morgan fingerprint density at radius 1 is 1.37 bits per heavy atom. The first-order valence-corrected chi connectivity index (χ1v) is 5.75. The molecule has 0 aliphatic carbocycles. The summed E-state index contributed by atoms with van der Waals surface area (Å²) >= 11 is 0. The predicted octanol–water partition coefficient (Wildman–Crippen LogP) is 1.80. The Morgan fingerprint density at radius 3 is 2.95 bits per heavy atom. The van der Waals surface area contributed by atoms with Crippen LogP contribution < -0.4 is 5.56 Å². The number of nitriles is 1. The molecule has 0 amide bonds. The van der Waals surface area contributed by atoms with E-state index in [1.807, 2.05) is 12.1 Å². The Hall–Kier alpha value is -2.87. The third-order valence-corrected chi connectivity index (χ3v) is 3.01. The monoisotopic (exact) mass is 250 g/mol. The fourth-order valence-electron chi connectivity index (χ4n) is 1.95. The molecule has 1 N–H and O–H groups in total. The molecule has 5 nitrogen and oxygen atoms in total. The van der Waals surface area contributed by atoms with Crippen LogP contribution in [0.1, 0.15) is 5.56 Å². The number of imidazole rings is 1. The van der Waals surface area contributed by atoms with Crippen molar-refractivity contribution >= 4 is 11.0 Å². The van der Waals surface area contributed by atoms with E-state index in [0.29, 0.717) is 22.5 Å². The van der Waals surface area contributed by atoms with E-state index in [2.05, 4.69) is 16.0 Å². The minimum atomic E-state index is -0.0986. The van der Waals surface area contributed by atoms with E-state index in [0.717, 1.165) is 5.52 Å². The lowest BCUT2D eigenvalue weighted by Crippen LogP contribution is -2.14. The highest BCUT2D eigenvalue weighted by Crippen LogP contribution is 2.21. The van der Waals surface area contributed by atoms with E-state index in [9.17, 15) is 4.79 Å². The van der Waals surface area contributed by atoms with Gasteiger partial charge in [-0.3, -0.25) is 4.79 Å². The number of H-pyrrole nitrogens is 1. The number of rotatable bonds is 1. The Morgan fingerprint density at radius 2 is 2.21 bits per heavy atom. The largest absolute Gasteiger partial charge is 0.338 e. The van der Waals surface area contributed by atoms with Gasteiger partial charge in [0.05, 0.1) is 11.1 Å². The number of pyridine rings is 1. The lowest BCUT2D eigenvalue weighted by molar-refractivity contribution is 0.860. The first kappa shape index (κ1) is 11.2. The first-order valence-electron chi connectivity index (χ1n) is 5.75. The standard InChI is InChI=1S/C14H10N4O/c1-18-6-5-9(7-12(18)19)14-16-11-4-2-3-10(8-15)13(11)17-14/h2-7H,1H3,(H,16,17). The number of hydrogen-bond donors (Lipinski definition) is 1. The third kappa shape index (κ3) is 1.79. The van der Waals surface area contributed by atoms with Gasteiger partial charge in [0.2, 0.25) is 0 Å². The average molecular weight is 250 g/mol. The third-order valence-electron chi connectivity index (χ3n) is 3.01. The van der Waals surface area contributed by atoms with Crippen LogP contribution in [-0.4, -0.2) is 14.5 Å². The molecule has 0 saturated carbocycles. The minimum absolute atomic E-state index is 0.0986. The lowest BCUT2D eigenvalue weighted by Gasteiger charge is -1.98. The topological polar surface area (TPSA) is 74.5 Å². The maximum absolute atomic E-state index is 11.6. The van der Waals surface area contributed by atoms with Gasteiger partial charge in [0.1, 0.15) is 17.4 Å². The molecule has 1 aromatic carbocycles. The number of nitrogens with zero attached hydrogens (tertiary/aromatic N) is 3. The van der Waals surface area contributed by atoms with Crippen LogP contribution in [0.2, 0.25) is 0 Å². The summed E-state index contributed by atoms with van der Waals surface area (Å²) in [6, 6.07) is 10.8. The van der Waals surface area contributed by atoms with Gasteiger partial charge >= 0.3 is 0 Å². The van der Waals surface area contributed by atoms with Gasteiger partial charge < -0.3 is 9.55 Å². The maximum atomic E-state index is 11.6. The Balaban J connectivity index is 2.24. The summed E-state index contributed by atoms with van der Waals surface area (Å²) < 4.78 is 1.49. The number of aromatic amines is 1. The Kier molecular flexibility index (Phi) is 2.43. The van der Waals surface area contributed by atoms with E-state index in [1.165, 1.54) is 10.6 Å². The smallest absolute Gasteiger partial charge is 0.250 e. The van der Waals surface area contributed by atoms with Crippen molar-refractivity contribution in [2.75, 3.05) is 0 Å². The normalized spacial score (nSPS) is 10.5. The van der Waals surface area contributed by atoms with Crippen LogP contribution in [0.15, 0.2) is 41.3 Å². The number of hydrogen-bond acceptors (Lipinski definition) is 3. The molecule has 0 spiro atoms. The Bertz CT molecular complexity index is 867. The molecule has 3 aromatic rings. The summed E-state index contributed by atoms with van der Waals surface area (Å²) in [6.07, 6.45) is 1.69. The van der Waals surface area contributed by atoms with E-state index in [4.69, 9.17) is 5.26 Å². The molecule has 19 heavy (non-hydrogen) atoms. The zero-order valence-electron chi connectivity index (χ0n) is 10.2. The van der Waals surface area contributed by atoms with Gasteiger partial charge in [-0.2, -0.15) is 5.26 Å². The van der Waals surface area contributed by atoms with Crippen LogP contribution in [0.4, 0.5) is 0 Å². The number of nitrogens with one attached hydrogen (secondary N) is 1. The van der Waals surface area contributed by atoms with Crippen molar-refractivity contribution in [2.45, 2.75) is 0 Å². The highest BCUT2D eigenvalue weighted by molar-refractivity contribution is 5.84. The van der Waals surface area contributed by atoms with Crippen LogP contribution in [-0.2, 0) is 7.05 Å². The molecule has 2 aromatic heterocycles. The first-order chi connectivity index (χ1) is 9.19. The number of benzene rings is 1. The minimum Gasteiger partial charge on any atom is -0.338 e. The van der Waals surface area contributed by atoms with E-state index in [-0.39, 0.29) is 5.56 Å². The van der Waals surface area contributed by atoms with Crippen molar-refractivity contribution in [3.05, 3.63) is 52.4 Å². The van der Waals surface area contributed by atoms with Crippen molar-refractivity contribution in [1.29, 1.82) is 5.26 Å². The molecule has 0 fully saturated rings. The van der Waals surface area contributed by atoms with Gasteiger partial charge in [-0.15, -0.1) is 0 Å². The highest BCUT2D eigenvalue weighted by atomic mass is 16.1. The van der Waals surface area contributed by atoms with Crippen LogP contribution in [0, 0.1) is 11.3 Å². The van der Waals surface area contributed by atoms with Crippen LogP contribution in [0.3, 0.4) is 0 Å². The summed E-state index contributed by atoms with van der Waals surface area (Å²) in [5.74, 6) is 0.593. The molecule has 0 atom stereocenters. The highest BCUT2D eigenvalue weighted by Gasteiger charge is 2.09. The second kappa shape index (κ2) is 4.10. The molecule has 3 rings (SSSR count). The number of aryl methyl sites for hydroxylation is 1. The number of para-hydroxylation sites is 1. The van der Waals surface area contributed by atoms with E-state index in [1.54, 1.807) is 25.4 Å². The number of fused-ring (bicyclic) bond motifs is 1. The molecular weight excluding hydrogens is 240 g/mol. The molecule has 0 aliphatic rings. The SMILES string of the molecule is Cn1ccc(-c2nc3c(C#N)cccc3[nH]2)cc1=O. The quantitative estimate of drug-likeness (QED) is 0.715. The molecule has 2 heterocycles. The van der Waals surface area contributed by atoms with Gasteiger partial charge in [0, 0.05) is 24.9 Å². The van der Waals surface area contributed by atoms with Gasteiger partial charge in [0.25, 0.3) is 5.56 Å². The zero-order valence-corrected chi connectivity index (χ0v) is 10.2. The zero-order chi connectivity index (χ0) is 13.4. The van der Waals surface area contributed by atoms with Crippen molar-refractivity contribution in [1.82, 2.24) is 14.5 Å². The summed E-state index contributed by atoms with van der Waals surface area (Å²) in [4.78, 5) is 19.1. The molecule has 0 bridgehead atoms. The van der Waals surface area contributed by atoms with Gasteiger partial charge in [-0.25, -0.2) is 4.98 Å². The van der Waals surface area contributed by atoms with Crippen molar-refractivity contribution < 1.29 is 0 Å². The summed E-state index contributed by atoms with van der Waals surface area (Å²) in [7, 11) is 1.69. The summed E-state index contributed by atoms with van der Waals surface area (Å²) in [6.45, 7) is 0. The predicted molar refractivity (Wildman–Crippen MR) is 71.5 cm³/mol. The average Bonchev–Trinajstić information content (AvgIpc) is 2.85. The van der Waals surface area contributed by atoms with Crippen LogP contribution in [0.5, 0.6) is 0 Å². The van der Waals surface area contributed by atoms with E-state index >= 15 is 0 Å². The molecular formula is C14H10N4O. The molecule has 0 unspecified atom stereocenters. The van der Waals surface area contributed by atoms with Gasteiger partial charge in [-0.1, -0.05) is 6.07 Å². The van der Waals surface area contributed by atoms with Gasteiger partial charge in [0.15, 0.2) is 0 Å². The second-order valence-corrected chi connectivity index (χ2v) is 4.26. The summed E-state index contributed by atoms with van der Waals surface area (Å²) in [5, 5.41) is 9.04. The molecule has 5 heteroatoms. The molecule has 92 valence electrons. The molecule has 0 radical (unpaired) electrons. The fourth-order valence-corrected chi connectivity index (χ4v) is 1.95. The lowest BCUT2D eigenvalue weighted by atomic mass is 10.2. The second-order valence-electron chi connectivity index (χ2n) is 4.26. The molecule has 0 aliphatic heterocycles. The van der Waals surface area contributed by atoms with Crippen LogP contribution in [0.25, 0.3) is 22.4 Å². The summed E-state index contributed by atoms with van der Waals surface area (Å²) in [5.41, 5.74) is 2.54. The van der Waals surface area contributed by atoms with Crippen molar-refractivity contribution in [2.24, 2.45) is 7.05 Å². The molecule has 0 saturated heterocycles. The fraction of sp³-hybridized carbons (Fsp3) is 0.0714. The van der Waals surface area contributed by atoms with Gasteiger partial charge in [-0.05, 0) is 18.2 Å². The number of aromatic nitrogens is 3. The Labute approximate surface area is 108 Å². The van der Waals surface area contributed by atoms with Crippen molar-refractivity contribution in [3.8, 4) is 17.5 Å².